The molecule has 2 N–H and O–H groups in total. The van der Waals surface area contributed by atoms with Crippen LogP contribution in [0.4, 0.5) is 19.0 Å². The first-order valence-corrected chi connectivity index (χ1v) is 9.95. The molecule has 0 aliphatic carbocycles. The molecule has 0 bridgehead atoms. The summed E-state index contributed by atoms with van der Waals surface area (Å²) in [6, 6.07) is 10.3. The van der Waals surface area contributed by atoms with Crippen LogP contribution in [0.3, 0.4) is 0 Å². The molecule has 11 heteroatoms. The number of anilines is 1. The van der Waals surface area contributed by atoms with Crippen molar-refractivity contribution in [2.45, 2.75) is 19.5 Å². The standard InChI is InChI=1S/C21H19ClF3N5O2/c1-13-11-17(31)19(29-30(13)16-6-4-15(22)5-7-16)20(32)27-10-2-9-26-18-8-3-14(12-28-18)21(23,24)25/h3-8,11-12H,2,9-10H2,1H3,(H,26,28)(H,27,32). The van der Waals surface area contributed by atoms with E-state index >= 15 is 0 Å². The summed E-state index contributed by atoms with van der Waals surface area (Å²) < 4.78 is 39.1. The van der Waals surface area contributed by atoms with Gasteiger partial charge in [-0.25, -0.2) is 9.67 Å². The van der Waals surface area contributed by atoms with Gasteiger partial charge >= 0.3 is 6.18 Å². The fourth-order valence-electron chi connectivity index (χ4n) is 2.80. The number of alkyl halides is 3. The van der Waals surface area contributed by atoms with Crippen LogP contribution in [0.5, 0.6) is 0 Å². The van der Waals surface area contributed by atoms with Gasteiger partial charge in [0, 0.05) is 36.1 Å². The highest BCUT2D eigenvalue weighted by Gasteiger charge is 2.30. The average Bonchev–Trinajstić information content (AvgIpc) is 2.74. The van der Waals surface area contributed by atoms with Gasteiger partial charge in [-0.15, -0.1) is 0 Å². The molecule has 2 aromatic heterocycles. The summed E-state index contributed by atoms with van der Waals surface area (Å²) in [4.78, 5) is 28.4. The van der Waals surface area contributed by atoms with Gasteiger partial charge in [0.1, 0.15) is 5.82 Å². The Morgan fingerprint density at radius 3 is 2.47 bits per heavy atom. The normalized spacial score (nSPS) is 11.3. The molecule has 0 unspecified atom stereocenters. The maximum atomic E-state index is 12.5. The Balaban J connectivity index is 1.55. The lowest BCUT2D eigenvalue weighted by Crippen LogP contribution is -2.33. The van der Waals surface area contributed by atoms with Crippen molar-refractivity contribution in [2.75, 3.05) is 18.4 Å². The topological polar surface area (TPSA) is 88.9 Å². The van der Waals surface area contributed by atoms with Gasteiger partial charge in [0.2, 0.25) is 5.43 Å². The molecule has 168 valence electrons. The minimum absolute atomic E-state index is 0.225. The highest BCUT2D eigenvalue weighted by Crippen LogP contribution is 2.28. The zero-order valence-corrected chi connectivity index (χ0v) is 17.7. The minimum Gasteiger partial charge on any atom is -0.370 e. The number of aromatic nitrogens is 3. The zero-order chi connectivity index (χ0) is 23.3. The van der Waals surface area contributed by atoms with Crippen molar-refractivity contribution in [1.29, 1.82) is 0 Å². The number of rotatable bonds is 7. The van der Waals surface area contributed by atoms with Crippen molar-refractivity contribution >= 4 is 23.3 Å². The number of nitrogens with zero attached hydrogens (tertiary/aromatic N) is 3. The van der Waals surface area contributed by atoms with Crippen molar-refractivity contribution in [3.8, 4) is 5.69 Å². The van der Waals surface area contributed by atoms with E-state index in [9.17, 15) is 22.8 Å². The van der Waals surface area contributed by atoms with Gasteiger partial charge in [-0.05, 0) is 49.7 Å². The molecular formula is C21H19ClF3N5O2. The van der Waals surface area contributed by atoms with Crippen LogP contribution in [-0.2, 0) is 6.18 Å². The number of aryl methyl sites for hydroxylation is 1. The van der Waals surface area contributed by atoms with E-state index in [1.165, 1.54) is 16.8 Å². The van der Waals surface area contributed by atoms with Gasteiger partial charge in [-0.1, -0.05) is 11.6 Å². The lowest BCUT2D eigenvalue weighted by molar-refractivity contribution is -0.137. The molecule has 3 rings (SSSR count). The Kier molecular flexibility index (Phi) is 7.14. The fourth-order valence-corrected chi connectivity index (χ4v) is 2.93. The van der Waals surface area contributed by atoms with Crippen molar-refractivity contribution in [2.24, 2.45) is 0 Å². The smallest absolute Gasteiger partial charge is 0.370 e. The first kappa shape index (κ1) is 23.3. The highest BCUT2D eigenvalue weighted by atomic mass is 35.5. The maximum absolute atomic E-state index is 12.5. The molecule has 1 aromatic carbocycles. The van der Waals surface area contributed by atoms with Crippen LogP contribution in [0.2, 0.25) is 5.02 Å². The van der Waals surface area contributed by atoms with E-state index in [1.54, 1.807) is 31.2 Å². The summed E-state index contributed by atoms with van der Waals surface area (Å²) in [5, 5.41) is 10.2. The summed E-state index contributed by atoms with van der Waals surface area (Å²) in [5.74, 6) is -0.333. The lowest BCUT2D eigenvalue weighted by atomic mass is 10.2. The number of benzene rings is 1. The molecular weight excluding hydrogens is 447 g/mol. The molecule has 0 aliphatic heterocycles. The SMILES string of the molecule is Cc1cc(=O)c(C(=O)NCCCNc2ccc(C(F)(F)F)cn2)nn1-c1ccc(Cl)cc1. The molecule has 32 heavy (non-hydrogen) atoms. The molecule has 0 radical (unpaired) electrons. The first-order valence-electron chi connectivity index (χ1n) is 9.57. The zero-order valence-electron chi connectivity index (χ0n) is 16.9. The Bertz CT molecular complexity index is 1150. The molecule has 2 heterocycles. The van der Waals surface area contributed by atoms with Crippen molar-refractivity contribution < 1.29 is 18.0 Å². The van der Waals surface area contributed by atoms with Crippen molar-refractivity contribution in [3.63, 3.8) is 0 Å². The third-order valence-electron chi connectivity index (χ3n) is 4.43. The minimum atomic E-state index is -4.44. The third kappa shape index (κ3) is 5.85. The van der Waals surface area contributed by atoms with E-state index in [2.05, 4.69) is 20.7 Å². The maximum Gasteiger partial charge on any atom is 0.417 e. The van der Waals surface area contributed by atoms with E-state index in [4.69, 9.17) is 11.6 Å². The van der Waals surface area contributed by atoms with Crippen LogP contribution in [0.15, 0.2) is 53.5 Å². The molecule has 1 amide bonds. The summed E-state index contributed by atoms with van der Waals surface area (Å²) in [6.45, 7) is 2.28. The van der Waals surface area contributed by atoms with E-state index < -0.39 is 23.1 Å². The van der Waals surface area contributed by atoms with E-state index in [0.29, 0.717) is 29.4 Å². The first-order chi connectivity index (χ1) is 15.1. The van der Waals surface area contributed by atoms with Crippen molar-refractivity contribution in [3.05, 3.63) is 80.9 Å². The van der Waals surface area contributed by atoms with Gasteiger partial charge in [0.15, 0.2) is 5.69 Å². The van der Waals surface area contributed by atoms with Crippen molar-refractivity contribution in [1.82, 2.24) is 20.1 Å². The van der Waals surface area contributed by atoms with Gasteiger partial charge in [-0.3, -0.25) is 9.59 Å². The lowest BCUT2D eigenvalue weighted by Gasteiger charge is -2.12. The van der Waals surface area contributed by atoms with Crippen LogP contribution in [0.1, 0.15) is 28.2 Å². The predicted molar refractivity (Wildman–Crippen MR) is 114 cm³/mol. The Hall–Kier alpha value is -3.40. The molecule has 3 aromatic rings. The number of halogens is 4. The van der Waals surface area contributed by atoms with Gasteiger partial charge in [-0.2, -0.15) is 18.3 Å². The number of amides is 1. The van der Waals surface area contributed by atoms with E-state index in [1.807, 2.05) is 0 Å². The Labute approximate surface area is 186 Å². The second kappa shape index (κ2) is 9.82. The molecule has 0 atom stereocenters. The molecule has 0 aliphatic rings. The van der Waals surface area contributed by atoms with Gasteiger partial charge < -0.3 is 10.6 Å². The number of carbonyl (C=O) groups excluding carboxylic acids is 1. The number of hydrogen-bond acceptors (Lipinski definition) is 5. The fraction of sp³-hybridized carbons (Fsp3) is 0.238. The third-order valence-corrected chi connectivity index (χ3v) is 4.68. The van der Waals surface area contributed by atoms with E-state index in [0.717, 1.165) is 12.3 Å². The van der Waals surface area contributed by atoms with Crippen LogP contribution in [0, 0.1) is 6.92 Å². The average molecular weight is 466 g/mol. The summed E-state index contributed by atoms with van der Waals surface area (Å²) in [6.07, 6.45) is -3.24. The quantitative estimate of drug-likeness (QED) is 0.517. The number of hydrogen-bond donors (Lipinski definition) is 2. The van der Waals surface area contributed by atoms with E-state index in [-0.39, 0.29) is 18.1 Å². The van der Waals surface area contributed by atoms with Crippen LogP contribution in [-0.4, -0.2) is 33.8 Å². The number of nitrogens with one attached hydrogen (secondary N) is 2. The number of carbonyl (C=O) groups is 1. The molecule has 0 saturated heterocycles. The number of pyridine rings is 1. The van der Waals surface area contributed by atoms with Crippen LogP contribution in [0.25, 0.3) is 5.69 Å². The van der Waals surface area contributed by atoms with Gasteiger partial charge in [0.05, 0.1) is 11.3 Å². The second-order valence-electron chi connectivity index (χ2n) is 6.85. The molecule has 7 nitrogen and oxygen atoms in total. The highest BCUT2D eigenvalue weighted by molar-refractivity contribution is 6.30. The molecule has 0 fully saturated rings. The monoisotopic (exact) mass is 465 g/mol. The molecule has 0 saturated carbocycles. The van der Waals surface area contributed by atoms with Crippen LogP contribution >= 0.6 is 11.6 Å². The summed E-state index contributed by atoms with van der Waals surface area (Å²) in [5.41, 5.74) is -0.373. The largest absolute Gasteiger partial charge is 0.417 e. The predicted octanol–water partition coefficient (Wildman–Crippen LogP) is 3.84. The molecule has 0 spiro atoms. The summed E-state index contributed by atoms with van der Waals surface area (Å²) >= 11 is 5.89. The summed E-state index contributed by atoms with van der Waals surface area (Å²) in [7, 11) is 0. The second-order valence-corrected chi connectivity index (χ2v) is 7.29. The van der Waals surface area contributed by atoms with Crippen LogP contribution < -0.4 is 16.1 Å². The Morgan fingerprint density at radius 2 is 1.84 bits per heavy atom. The Morgan fingerprint density at radius 1 is 1.12 bits per heavy atom. The van der Waals surface area contributed by atoms with Gasteiger partial charge in [0.25, 0.3) is 5.91 Å².